The quantitative estimate of drug-likeness (QED) is 0.522. The normalized spacial score (nSPS) is 17.8. The lowest BCUT2D eigenvalue weighted by molar-refractivity contribution is -0.115. The fourth-order valence-corrected chi connectivity index (χ4v) is 4.58. The molecule has 4 aromatic rings. The van der Waals surface area contributed by atoms with Crippen molar-refractivity contribution in [1.29, 1.82) is 0 Å². The summed E-state index contributed by atoms with van der Waals surface area (Å²) < 4.78 is 15.6. The number of benzene rings is 2. The third kappa shape index (κ3) is 3.03. The maximum absolute atomic E-state index is 13.6. The lowest BCUT2D eigenvalue weighted by Gasteiger charge is -2.17. The molecule has 160 valence electrons. The van der Waals surface area contributed by atoms with E-state index in [1.54, 1.807) is 18.3 Å². The van der Waals surface area contributed by atoms with Gasteiger partial charge in [-0.1, -0.05) is 6.07 Å². The molecule has 1 unspecified atom stereocenters. The Bertz CT molecular complexity index is 1370. The Morgan fingerprint density at radius 3 is 2.72 bits per heavy atom. The number of fused-ring (bicyclic) bond motifs is 2. The predicted octanol–water partition coefficient (Wildman–Crippen LogP) is 3.27. The van der Waals surface area contributed by atoms with Crippen LogP contribution >= 0.6 is 0 Å². The first-order chi connectivity index (χ1) is 15.6. The molecule has 0 bridgehead atoms. The van der Waals surface area contributed by atoms with Gasteiger partial charge in [-0.25, -0.2) is 14.4 Å². The highest BCUT2D eigenvalue weighted by atomic mass is 19.1. The average molecular weight is 429 g/mol. The Labute approximate surface area is 183 Å². The first kappa shape index (κ1) is 18.9. The number of nitrogens with one attached hydrogen (secondary N) is 1. The van der Waals surface area contributed by atoms with Crippen molar-refractivity contribution in [3.8, 4) is 22.5 Å². The average Bonchev–Trinajstić information content (AvgIpc) is 3.49. The Morgan fingerprint density at radius 2 is 1.94 bits per heavy atom. The summed E-state index contributed by atoms with van der Waals surface area (Å²) in [5.74, 6) is 0.374. The van der Waals surface area contributed by atoms with Crippen LogP contribution in [-0.4, -0.2) is 44.6 Å². The lowest BCUT2D eigenvalue weighted by Crippen LogP contribution is -2.23. The van der Waals surface area contributed by atoms with Gasteiger partial charge in [-0.2, -0.15) is 0 Å². The highest BCUT2D eigenvalue weighted by molar-refractivity contribution is 6.00. The zero-order valence-corrected chi connectivity index (χ0v) is 17.1. The van der Waals surface area contributed by atoms with E-state index >= 15 is 0 Å². The number of aromatic nitrogens is 3. The van der Waals surface area contributed by atoms with Gasteiger partial charge < -0.3 is 15.3 Å². The third-order valence-electron chi connectivity index (χ3n) is 6.11. The molecule has 2 N–H and O–H groups in total. The summed E-state index contributed by atoms with van der Waals surface area (Å²) in [4.78, 5) is 23.4. The summed E-state index contributed by atoms with van der Waals surface area (Å²) in [6, 6.07) is 12.1. The summed E-state index contributed by atoms with van der Waals surface area (Å²) in [5.41, 5.74) is 5.67. The van der Waals surface area contributed by atoms with Crippen molar-refractivity contribution in [3.63, 3.8) is 0 Å². The number of β-amino-alcohol motifs (C(OH)–C–C–N with tert-alkyl or cyclic N) is 1. The van der Waals surface area contributed by atoms with Gasteiger partial charge in [-0.3, -0.25) is 9.20 Å². The SMILES string of the molecule is O=C1Cc2cc(-c3c(-c4ccc(F)cc4)nc4c(N5CCC(O)C5)nccn34)ccc2N1. The topological polar surface area (TPSA) is 82.8 Å². The number of carbonyl (C=O) groups is 1. The monoisotopic (exact) mass is 429 g/mol. The number of aliphatic hydroxyl groups excluding tert-OH is 1. The van der Waals surface area contributed by atoms with Crippen molar-refractivity contribution >= 4 is 23.1 Å². The van der Waals surface area contributed by atoms with Gasteiger partial charge in [0.25, 0.3) is 0 Å². The van der Waals surface area contributed by atoms with E-state index in [9.17, 15) is 14.3 Å². The molecule has 1 atom stereocenters. The molecular weight excluding hydrogens is 409 g/mol. The Morgan fingerprint density at radius 1 is 1.12 bits per heavy atom. The number of amides is 1. The van der Waals surface area contributed by atoms with Crippen LogP contribution in [0, 0.1) is 5.82 Å². The third-order valence-corrected chi connectivity index (χ3v) is 6.11. The Hall–Kier alpha value is -3.78. The number of halogens is 1. The molecule has 4 heterocycles. The van der Waals surface area contributed by atoms with E-state index < -0.39 is 0 Å². The van der Waals surface area contributed by atoms with Gasteiger partial charge in [-0.05, 0) is 48.4 Å². The van der Waals surface area contributed by atoms with E-state index in [0.29, 0.717) is 43.1 Å². The van der Waals surface area contributed by atoms with Crippen LogP contribution < -0.4 is 10.2 Å². The summed E-state index contributed by atoms with van der Waals surface area (Å²) in [5, 5.41) is 12.9. The van der Waals surface area contributed by atoms with Gasteiger partial charge in [0.2, 0.25) is 5.91 Å². The summed E-state index contributed by atoms with van der Waals surface area (Å²) in [7, 11) is 0. The van der Waals surface area contributed by atoms with Crippen molar-refractivity contribution in [2.45, 2.75) is 18.9 Å². The maximum atomic E-state index is 13.6. The zero-order valence-electron chi connectivity index (χ0n) is 17.1. The molecule has 1 fully saturated rings. The first-order valence-electron chi connectivity index (χ1n) is 10.6. The van der Waals surface area contributed by atoms with Crippen LogP contribution in [0.3, 0.4) is 0 Å². The molecule has 32 heavy (non-hydrogen) atoms. The van der Waals surface area contributed by atoms with Gasteiger partial charge in [0.15, 0.2) is 11.5 Å². The number of aliphatic hydroxyl groups is 1. The minimum atomic E-state index is -0.384. The van der Waals surface area contributed by atoms with E-state index in [1.165, 1.54) is 12.1 Å². The van der Waals surface area contributed by atoms with Crippen molar-refractivity contribution in [3.05, 3.63) is 66.2 Å². The molecule has 2 aliphatic rings. The number of nitrogens with zero attached hydrogens (tertiary/aromatic N) is 4. The van der Waals surface area contributed by atoms with Gasteiger partial charge in [0, 0.05) is 42.3 Å². The van der Waals surface area contributed by atoms with Crippen LogP contribution in [0.5, 0.6) is 0 Å². The van der Waals surface area contributed by atoms with Crippen LogP contribution in [0.15, 0.2) is 54.9 Å². The molecule has 1 saturated heterocycles. The van der Waals surface area contributed by atoms with Crippen molar-refractivity contribution < 1.29 is 14.3 Å². The highest BCUT2D eigenvalue weighted by Gasteiger charge is 2.27. The molecule has 0 aliphatic carbocycles. The second kappa shape index (κ2) is 7.13. The molecule has 6 rings (SSSR count). The Kier molecular flexibility index (Phi) is 4.22. The molecular formula is C24H20FN5O2. The van der Waals surface area contributed by atoms with E-state index in [1.807, 2.05) is 33.7 Å². The summed E-state index contributed by atoms with van der Waals surface area (Å²) >= 11 is 0. The molecule has 1 amide bonds. The lowest BCUT2D eigenvalue weighted by atomic mass is 10.0. The van der Waals surface area contributed by atoms with E-state index in [2.05, 4.69) is 10.3 Å². The van der Waals surface area contributed by atoms with Crippen LogP contribution in [-0.2, 0) is 11.2 Å². The molecule has 2 aromatic heterocycles. The highest BCUT2D eigenvalue weighted by Crippen LogP contribution is 2.37. The minimum absolute atomic E-state index is 0.0203. The second-order valence-corrected chi connectivity index (χ2v) is 8.25. The van der Waals surface area contributed by atoms with Gasteiger partial charge in [0.1, 0.15) is 5.82 Å². The van der Waals surface area contributed by atoms with E-state index in [0.717, 1.165) is 28.1 Å². The fraction of sp³-hybridized carbons (Fsp3) is 0.208. The Balaban J connectivity index is 1.59. The largest absolute Gasteiger partial charge is 0.391 e. The molecule has 8 heteroatoms. The smallest absolute Gasteiger partial charge is 0.228 e. The molecule has 7 nitrogen and oxygen atoms in total. The number of carbonyl (C=O) groups excluding carboxylic acids is 1. The number of hydrogen-bond donors (Lipinski definition) is 2. The standard InChI is InChI=1S/C24H20FN5O2/c25-17-4-1-14(2-5-17)21-22(15-3-6-19-16(11-15)12-20(32)27-19)30-10-8-26-23(24(30)28-21)29-9-7-18(31)13-29/h1-6,8,10-11,18,31H,7,9,12-13H2,(H,27,32). The van der Waals surface area contributed by atoms with Crippen molar-refractivity contribution in [2.75, 3.05) is 23.3 Å². The van der Waals surface area contributed by atoms with Crippen molar-refractivity contribution in [2.24, 2.45) is 0 Å². The first-order valence-corrected chi connectivity index (χ1v) is 10.6. The van der Waals surface area contributed by atoms with Crippen LogP contribution in [0.25, 0.3) is 28.2 Å². The van der Waals surface area contributed by atoms with Crippen LogP contribution in [0.1, 0.15) is 12.0 Å². The van der Waals surface area contributed by atoms with Crippen LogP contribution in [0.2, 0.25) is 0 Å². The predicted molar refractivity (Wildman–Crippen MR) is 119 cm³/mol. The van der Waals surface area contributed by atoms with Crippen molar-refractivity contribution in [1.82, 2.24) is 14.4 Å². The number of imidazole rings is 1. The molecule has 0 radical (unpaired) electrons. The van der Waals surface area contributed by atoms with E-state index in [-0.39, 0.29) is 17.8 Å². The fourth-order valence-electron chi connectivity index (χ4n) is 4.58. The molecule has 0 saturated carbocycles. The van der Waals surface area contributed by atoms with Crippen LogP contribution in [0.4, 0.5) is 15.9 Å². The summed E-state index contributed by atoms with van der Waals surface area (Å²) in [6.07, 6.45) is 4.23. The number of hydrogen-bond acceptors (Lipinski definition) is 5. The molecule has 2 aromatic carbocycles. The number of rotatable bonds is 3. The molecule has 2 aliphatic heterocycles. The maximum Gasteiger partial charge on any atom is 0.228 e. The van der Waals surface area contributed by atoms with Gasteiger partial charge >= 0.3 is 0 Å². The second-order valence-electron chi connectivity index (χ2n) is 8.25. The van der Waals surface area contributed by atoms with E-state index in [4.69, 9.17) is 4.98 Å². The summed E-state index contributed by atoms with van der Waals surface area (Å²) in [6.45, 7) is 1.21. The van der Waals surface area contributed by atoms with Gasteiger partial charge in [0.05, 0.1) is 23.9 Å². The minimum Gasteiger partial charge on any atom is -0.391 e. The number of anilines is 2. The zero-order chi connectivity index (χ0) is 21.8. The molecule has 0 spiro atoms. The van der Waals surface area contributed by atoms with Gasteiger partial charge in [-0.15, -0.1) is 0 Å².